The van der Waals surface area contributed by atoms with Crippen LogP contribution in [0.4, 0.5) is 29.5 Å². The highest BCUT2D eigenvalue weighted by Crippen LogP contribution is 2.42. The maximum atomic E-state index is 13.8. The van der Waals surface area contributed by atoms with Gasteiger partial charge in [0.05, 0.1) is 11.8 Å². The molecule has 0 saturated carbocycles. The van der Waals surface area contributed by atoms with Gasteiger partial charge in [-0.2, -0.15) is 17.9 Å². The third-order valence-electron chi connectivity index (χ3n) is 8.30. The molecule has 2 saturated heterocycles. The molecule has 1 spiro atoms. The van der Waals surface area contributed by atoms with E-state index in [9.17, 15) is 31.2 Å². The molecule has 46 heavy (non-hydrogen) atoms. The molecule has 2 aliphatic heterocycles. The molecule has 1 aromatic heterocycles. The van der Waals surface area contributed by atoms with Crippen LogP contribution in [0.3, 0.4) is 0 Å². The summed E-state index contributed by atoms with van der Waals surface area (Å²) >= 11 is 0. The number of alkyl halides is 3. The number of piperidine rings is 1. The second-order valence-corrected chi connectivity index (χ2v) is 15.7. The van der Waals surface area contributed by atoms with Gasteiger partial charge in [0.2, 0.25) is 10.0 Å². The highest BCUT2D eigenvalue weighted by Gasteiger charge is 2.44. The van der Waals surface area contributed by atoms with Gasteiger partial charge in [-0.05, 0) is 92.5 Å². The lowest BCUT2D eigenvalue weighted by molar-refractivity contribution is -0.154. The zero-order valence-corrected chi connectivity index (χ0v) is 28.8. The van der Waals surface area contributed by atoms with Crippen LogP contribution >= 0.6 is 8.73 Å². The van der Waals surface area contributed by atoms with Crippen LogP contribution in [-0.4, -0.2) is 90.2 Å². The predicted molar refractivity (Wildman–Crippen MR) is 173 cm³/mol. The highest BCUT2D eigenvalue weighted by atomic mass is 32.2. The smallest absolute Gasteiger partial charge is 0.416 e. The van der Waals surface area contributed by atoms with E-state index in [0.717, 1.165) is 42.0 Å². The molecular formula is C30H44F3N6O5PS. The standard InChI is InChI=1S/C30H44F3N6O5PS/c1-28(2,3)44-26(40)8-6-16-39(45-4)24-20-23(30(31,32)33)10-9-22(24)21-37-15-7-12-29(37)13-18-36(19-14-29)27(41)38-17-11-25(34-38)35-46(5,42)43/h9-11,17,20,45H,6-8,12-16,18-19,21H2,1-5H3,(H,34,35). The molecule has 1 atom stereocenters. The number of amides is 1. The van der Waals surface area contributed by atoms with Gasteiger partial charge in [0.1, 0.15) is 5.60 Å². The van der Waals surface area contributed by atoms with Crippen LogP contribution in [-0.2, 0) is 32.3 Å². The van der Waals surface area contributed by atoms with Crippen LogP contribution in [0.25, 0.3) is 0 Å². The SMILES string of the molecule is CPN(CCCC(=O)OC(C)(C)C)c1cc(C(F)(F)F)ccc1CN1CCCC12CCN(C(=O)n1ccc(NS(C)(=O)=O)n1)CC2. The number of hydrogen-bond donors (Lipinski definition) is 1. The summed E-state index contributed by atoms with van der Waals surface area (Å²) < 4.78 is 75.2. The van der Waals surface area contributed by atoms with Gasteiger partial charge in [0.15, 0.2) is 5.82 Å². The van der Waals surface area contributed by atoms with Crippen molar-refractivity contribution in [1.29, 1.82) is 0 Å². The summed E-state index contributed by atoms with van der Waals surface area (Å²) in [7, 11) is -3.34. The van der Waals surface area contributed by atoms with E-state index in [1.807, 2.05) is 11.3 Å². The first-order valence-electron chi connectivity index (χ1n) is 15.3. The number of nitrogens with one attached hydrogen (secondary N) is 1. The van der Waals surface area contributed by atoms with Gasteiger partial charge in [-0.15, -0.1) is 5.10 Å². The number of aromatic nitrogens is 2. The summed E-state index contributed by atoms with van der Waals surface area (Å²) in [6.07, 6.45) is 1.81. The number of anilines is 2. The first-order chi connectivity index (χ1) is 21.4. The van der Waals surface area contributed by atoms with Gasteiger partial charge < -0.3 is 14.3 Å². The Morgan fingerprint density at radius 1 is 1.11 bits per heavy atom. The zero-order chi connectivity index (χ0) is 33.9. The number of carbonyl (C=O) groups excluding carboxylic acids is 2. The molecule has 4 rings (SSSR count). The van der Waals surface area contributed by atoms with Gasteiger partial charge in [-0.25, -0.2) is 13.2 Å². The number of hydrogen-bond acceptors (Lipinski definition) is 8. The van der Waals surface area contributed by atoms with E-state index in [1.54, 1.807) is 31.7 Å². The predicted octanol–water partition coefficient (Wildman–Crippen LogP) is 5.52. The first-order valence-corrected chi connectivity index (χ1v) is 18.7. The number of likely N-dealkylation sites (tertiary alicyclic amines) is 2. The van der Waals surface area contributed by atoms with Crippen LogP contribution < -0.4 is 9.39 Å². The van der Waals surface area contributed by atoms with Crippen molar-refractivity contribution in [2.24, 2.45) is 0 Å². The number of esters is 1. The number of ether oxygens (including phenoxy) is 1. The Hall–Kier alpha value is -2.90. The summed E-state index contributed by atoms with van der Waals surface area (Å²) in [4.78, 5) is 29.4. The Balaban J connectivity index is 1.47. The van der Waals surface area contributed by atoms with Crippen molar-refractivity contribution in [1.82, 2.24) is 19.6 Å². The molecule has 1 N–H and O–H groups in total. The van der Waals surface area contributed by atoms with E-state index in [1.165, 1.54) is 18.3 Å². The van der Waals surface area contributed by atoms with Gasteiger partial charge in [0, 0.05) is 56.1 Å². The highest BCUT2D eigenvalue weighted by molar-refractivity contribution is 7.92. The molecule has 1 unspecified atom stereocenters. The number of carbonyl (C=O) groups is 2. The minimum atomic E-state index is -4.49. The van der Waals surface area contributed by atoms with Crippen molar-refractivity contribution in [2.45, 2.75) is 83.2 Å². The average molecular weight is 689 g/mol. The first kappa shape index (κ1) is 35.9. The quantitative estimate of drug-likeness (QED) is 0.256. The van der Waals surface area contributed by atoms with E-state index in [2.05, 4.69) is 14.7 Å². The van der Waals surface area contributed by atoms with Crippen molar-refractivity contribution in [3.05, 3.63) is 41.6 Å². The molecule has 0 radical (unpaired) electrons. The number of nitrogens with zero attached hydrogens (tertiary/aromatic N) is 5. The summed E-state index contributed by atoms with van der Waals surface area (Å²) in [6.45, 7) is 9.92. The Bertz CT molecular complexity index is 1500. The summed E-state index contributed by atoms with van der Waals surface area (Å²) in [6, 6.07) is 5.00. The fourth-order valence-electron chi connectivity index (χ4n) is 6.20. The number of rotatable bonds is 10. The zero-order valence-electron chi connectivity index (χ0n) is 27.0. The maximum Gasteiger partial charge on any atom is 0.416 e. The Kier molecular flexibility index (Phi) is 11.0. The van der Waals surface area contributed by atoms with E-state index in [0.29, 0.717) is 51.1 Å². The second-order valence-electron chi connectivity index (χ2n) is 12.9. The molecule has 0 aliphatic carbocycles. The molecule has 256 valence electrons. The number of halogens is 3. The molecular weight excluding hydrogens is 644 g/mol. The summed E-state index contributed by atoms with van der Waals surface area (Å²) in [5, 5.41) is 4.05. The summed E-state index contributed by atoms with van der Waals surface area (Å²) in [5.41, 5.74) is -0.196. The third-order valence-corrected chi connectivity index (χ3v) is 9.88. The van der Waals surface area contributed by atoms with Gasteiger partial charge in [-0.3, -0.25) is 14.4 Å². The van der Waals surface area contributed by atoms with Crippen LogP contribution in [0.1, 0.15) is 70.4 Å². The maximum absolute atomic E-state index is 13.8. The minimum Gasteiger partial charge on any atom is -0.460 e. The molecule has 2 aliphatic rings. The largest absolute Gasteiger partial charge is 0.460 e. The van der Waals surface area contributed by atoms with E-state index < -0.39 is 27.4 Å². The molecule has 2 aromatic rings. The van der Waals surface area contributed by atoms with Crippen molar-refractivity contribution < 1.29 is 35.9 Å². The normalized spacial score (nSPS) is 17.6. The monoisotopic (exact) mass is 688 g/mol. The lowest BCUT2D eigenvalue weighted by atomic mass is 9.84. The van der Waals surface area contributed by atoms with E-state index in [4.69, 9.17) is 4.74 Å². The fraction of sp³-hybridized carbons (Fsp3) is 0.633. The second kappa shape index (κ2) is 14.1. The van der Waals surface area contributed by atoms with Crippen molar-refractivity contribution in [2.75, 3.05) is 48.5 Å². The third kappa shape index (κ3) is 9.34. The van der Waals surface area contributed by atoms with E-state index >= 15 is 0 Å². The Labute approximate surface area is 270 Å². The van der Waals surface area contributed by atoms with Crippen molar-refractivity contribution >= 4 is 42.3 Å². The number of sulfonamides is 1. The topological polar surface area (TPSA) is 117 Å². The van der Waals surface area contributed by atoms with Gasteiger partial charge >= 0.3 is 18.2 Å². The minimum absolute atomic E-state index is 0.0604. The van der Waals surface area contributed by atoms with Crippen molar-refractivity contribution in [3.8, 4) is 0 Å². The van der Waals surface area contributed by atoms with Crippen LogP contribution in [0.15, 0.2) is 30.5 Å². The van der Waals surface area contributed by atoms with Crippen molar-refractivity contribution in [3.63, 3.8) is 0 Å². The molecule has 3 heterocycles. The Morgan fingerprint density at radius 3 is 2.41 bits per heavy atom. The van der Waals surface area contributed by atoms with Gasteiger partial charge in [0.25, 0.3) is 0 Å². The lowest BCUT2D eigenvalue weighted by Gasteiger charge is -2.45. The van der Waals surface area contributed by atoms with E-state index in [-0.39, 0.29) is 38.5 Å². The molecule has 11 nitrogen and oxygen atoms in total. The van der Waals surface area contributed by atoms with Crippen LogP contribution in [0.5, 0.6) is 0 Å². The lowest BCUT2D eigenvalue weighted by Crippen LogP contribution is -2.53. The van der Waals surface area contributed by atoms with Gasteiger partial charge in [-0.1, -0.05) is 6.07 Å². The van der Waals surface area contributed by atoms with Crippen LogP contribution in [0.2, 0.25) is 0 Å². The molecule has 16 heteroatoms. The fourth-order valence-corrected chi connectivity index (χ4v) is 7.52. The molecule has 2 fully saturated rings. The van der Waals surface area contributed by atoms with Crippen LogP contribution in [0, 0.1) is 0 Å². The summed E-state index contributed by atoms with van der Waals surface area (Å²) in [5.74, 6) is -0.274. The average Bonchev–Trinajstić information content (AvgIpc) is 3.56. The molecule has 1 amide bonds. The Morgan fingerprint density at radius 2 is 1.80 bits per heavy atom. The number of benzene rings is 1. The molecule has 0 bridgehead atoms. The molecule has 1 aromatic carbocycles.